The van der Waals surface area contributed by atoms with E-state index in [2.05, 4.69) is 5.32 Å². The van der Waals surface area contributed by atoms with Gasteiger partial charge in [-0.3, -0.25) is 19.3 Å². The topological polar surface area (TPSA) is 107 Å². The van der Waals surface area contributed by atoms with E-state index in [9.17, 15) is 24.3 Å². The number of hydrogen-bond donors (Lipinski definition) is 2. The van der Waals surface area contributed by atoms with Crippen LogP contribution in [0.5, 0.6) is 0 Å². The van der Waals surface area contributed by atoms with Crippen LogP contribution < -0.4 is 5.32 Å². The number of hydrogen-bond acceptors (Lipinski definition) is 6. The van der Waals surface area contributed by atoms with E-state index in [1.54, 1.807) is 32.1 Å². The number of nitrogens with zero attached hydrogens (tertiary/aromatic N) is 2. The van der Waals surface area contributed by atoms with Crippen molar-refractivity contribution < 1.29 is 24.3 Å². The predicted octanol–water partition coefficient (Wildman–Crippen LogP) is 2.87. The standard InChI is InChI=1S/C26H28ClN3O5S2.Na.H/c1-26(2,37-18-7-5-17(27)6-8-18)25(35)28-19-22(32)30-20(24(33)34)16(13-36-23(19)30)11-15-9-10-29(21(15)31)12-14-3-4-14;;/h5-8,11,14,19,23H,3-4,9-10,12-13H2,1-2H3,(H,28,35)(H,33,34);;/b15-11+;;/t19-,23-;;/m1../s1. The van der Waals surface area contributed by atoms with E-state index in [0.717, 1.165) is 24.3 Å². The molecular weight excluding hydrogens is 557 g/mol. The molecule has 12 heteroatoms. The van der Waals surface area contributed by atoms with Crippen LogP contribution in [0, 0.1) is 5.92 Å². The van der Waals surface area contributed by atoms with Gasteiger partial charge in [-0.05, 0) is 74.9 Å². The molecule has 1 saturated carbocycles. The molecular formula is C26H29ClN3NaO5S2. The van der Waals surface area contributed by atoms with Crippen LogP contribution >= 0.6 is 35.1 Å². The van der Waals surface area contributed by atoms with Gasteiger partial charge in [0.1, 0.15) is 17.1 Å². The molecule has 1 aliphatic carbocycles. The zero-order valence-electron chi connectivity index (χ0n) is 20.5. The minimum absolute atomic E-state index is 0. The summed E-state index contributed by atoms with van der Waals surface area (Å²) in [6, 6.07) is 6.35. The summed E-state index contributed by atoms with van der Waals surface area (Å²) >= 11 is 8.69. The van der Waals surface area contributed by atoms with Gasteiger partial charge in [0.2, 0.25) is 11.8 Å². The van der Waals surface area contributed by atoms with E-state index < -0.39 is 28.0 Å². The van der Waals surface area contributed by atoms with Gasteiger partial charge in [0.05, 0.1) is 4.75 Å². The molecule has 1 aromatic rings. The molecule has 3 heterocycles. The third kappa shape index (κ3) is 6.00. The number of thioether (sulfide) groups is 2. The van der Waals surface area contributed by atoms with Crippen LogP contribution in [0.2, 0.25) is 5.02 Å². The van der Waals surface area contributed by atoms with Crippen molar-refractivity contribution in [2.45, 2.75) is 54.2 Å². The molecule has 3 amide bonds. The summed E-state index contributed by atoms with van der Waals surface area (Å²) in [7, 11) is 0. The Bertz CT molecular complexity index is 1230. The molecule has 5 rings (SSSR count). The fourth-order valence-electron chi connectivity index (χ4n) is 4.71. The van der Waals surface area contributed by atoms with Gasteiger partial charge in [-0.15, -0.1) is 23.5 Å². The molecule has 2 N–H and O–H groups in total. The van der Waals surface area contributed by atoms with Gasteiger partial charge in [-0.2, -0.15) is 0 Å². The first-order valence-corrected chi connectivity index (χ1v) is 14.5. The number of β-lactam (4-membered cyclic amide) rings is 1. The number of fused-ring (bicyclic) bond motifs is 1. The third-order valence-electron chi connectivity index (χ3n) is 6.96. The molecule has 2 saturated heterocycles. The molecule has 0 bridgehead atoms. The maximum atomic E-state index is 13.1. The van der Waals surface area contributed by atoms with Crippen molar-refractivity contribution in [3.8, 4) is 0 Å². The number of allylic oxidation sites excluding steroid dienone is 1. The zero-order valence-corrected chi connectivity index (χ0v) is 22.9. The molecule has 1 aromatic carbocycles. The van der Waals surface area contributed by atoms with Gasteiger partial charge in [-0.25, -0.2) is 4.79 Å². The fourth-order valence-corrected chi connectivity index (χ4v) is 7.15. The summed E-state index contributed by atoms with van der Waals surface area (Å²) in [4.78, 5) is 55.1. The van der Waals surface area contributed by atoms with Gasteiger partial charge in [-0.1, -0.05) is 11.6 Å². The van der Waals surface area contributed by atoms with Crippen molar-refractivity contribution in [2.24, 2.45) is 5.92 Å². The predicted molar refractivity (Wildman–Crippen MR) is 150 cm³/mol. The minimum atomic E-state index is -1.21. The van der Waals surface area contributed by atoms with Gasteiger partial charge in [0.25, 0.3) is 5.91 Å². The Morgan fingerprint density at radius 1 is 1.24 bits per heavy atom. The van der Waals surface area contributed by atoms with Gasteiger partial charge < -0.3 is 15.3 Å². The molecule has 38 heavy (non-hydrogen) atoms. The van der Waals surface area contributed by atoms with Crippen molar-refractivity contribution in [3.63, 3.8) is 0 Å². The van der Waals surface area contributed by atoms with Crippen molar-refractivity contribution in [1.82, 2.24) is 15.1 Å². The van der Waals surface area contributed by atoms with E-state index in [-0.39, 0.29) is 47.1 Å². The first kappa shape index (κ1) is 29.6. The van der Waals surface area contributed by atoms with Crippen molar-refractivity contribution >= 4 is 88.4 Å². The second-order valence-corrected chi connectivity index (χ2v) is 13.5. The van der Waals surface area contributed by atoms with Crippen LogP contribution in [0.25, 0.3) is 0 Å². The number of benzene rings is 1. The number of carbonyl (C=O) groups is 4. The monoisotopic (exact) mass is 585 g/mol. The number of nitrogens with one attached hydrogen (secondary N) is 1. The Hall–Kier alpha value is -1.43. The van der Waals surface area contributed by atoms with E-state index in [0.29, 0.717) is 40.8 Å². The van der Waals surface area contributed by atoms with Crippen molar-refractivity contribution in [1.29, 1.82) is 0 Å². The van der Waals surface area contributed by atoms with Crippen LogP contribution in [-0.4, -0.2) is 103 Å². The summed E-state index contributed by atoms with van der Waals surface area (Å²) in [6.45, 7) is 4.95. The van der Waals surface area contributed by atoms with Crippen molar-refractivity contribution in [3.05, 3.63) is 52.2 Å². The molecule has 0 spiro atoms. The first-order chi connectivity index (χ1) is 17.5. The van der Waals surface area contributed by atoms with Crippen LogP contribution in [0.3, 0.4) is 0 Å². The van der Waals surface area contributed by atoms with E-state index >= 15 is 0 Å². The number of rotatable bonds is 8. The molecule has 0 unspecified atom stereocenters. The summed E-state index contributed by atoms with van der Waals surface area (Å²) < 4.78 is -0.871. The summed E-state index contributed by atoms with van der Waals surface area (Å²) in [5, 5.41) is 12.9. The second-order valence-electron chi connectivity index (χ2n) is 10.2. The van der Waals surface area contributed by atoms with E-state index in [1.807, 2.05) is 17.0 Å². The number of carboxylic acids is 1. The molecule has 0 radical (unpaired) electrons. The van der Waals surface area contributed by atoms with Crippen molar-refractivity contribution in [2.75, 3.05) is 18.8 Å². The Balaban J connectivity index is 0.00000336. The fraction of sp³-hybridized carbons (Fsp3) is 0.462. The van der Waals surface area contributed by atoms with Crippen LogP contribution in [0.4, 0.5) is 0 Å². The number of aliphatic carboxylic acids is 1. The third-order valence-corrected chi connectivity index (χ3v) is 9.72. The van der Waals surface area contributed by atoms with Gasteiger partial charge >= 0.3 is 35.5 Å². The Kier molecular flexibility index (Phi) is 9.01. The molecule has 0 aromatic heterocycles. The normalized spacial score (nSPS) is 24.2. The zero-order chi connectivity index (χ0) is 26.5. The van der Waals surface area contributed by atoms with Gasteiger partial charge in [0.15, 0.2) is 0 Å². The van der Waals surface area contributed by atoms with E-state index in [1.165, 1.54) is 28.4 Å². The first-order valence-electron chi connectivity index (χ1n) is 12.2. The molecule has 8 nitrogen and oxygen atoms in total. The molecule has 4 aliphatic rings. The van der Waals surface area contributed by atoms with Crippen LogP contribution in [-0.2, 0) is 19.2 Å². The number of carboxylic acid groups (broad SMARTS) is 1. The summed E-state index contributed by atoms with van der Waals surface area (Å²) in [5.41, 5.74) is 0.948. The van der Waals surface area contributed by atoms with Crippen LogP contribution in [0.15, 0.2) is 52.1 Å². The average molecular weight is 586 g/mol. The van der Waals surface area contributed by atoms with Crippen LogP contribution in [0.1, 0.15) is 33.1 Å². The molecule has 3 fully saturated rings. The molecule has 198 valence electrons. The number of carbonyl (C=O) groups excluding carboxylic acids is 3. The second kappa shape index (κ2) is 11.6. The average Bonchev–Trinajstić information content (AvgIpc) is 3.61. The molecule has 3 aliphatic heterocycles. The SMILES string of the molecule is CC(C)(Sc1ccc(Cl)cc1)C(=O)N[C@@H]1C(=O)N2C(C(=O)O)=C(/C=C3\CCN(CC4CC4)C3=O)CS[C@H]12.[NaH]. The summed E-state index contributed by atoms with van der Waals surface area (Å²) in [6.07, 6.45) is 4.54. The molecule has 2 atom stereocenters. The number of amides is 3. The van der Waals surface area contributed by atoms with E-state index in [4.69, 9.17) is 11.6 Å². The number of likely N-dealkylation sites (tertiary alicyclic amines) is 1. The summed E-state index contributed by atoms with van der Waals surface area (Å²) in [5.74, 6) is -1.11. The maximum absolute atomic E-state index is 13.1. The van der Waals surface area contributed by atoms with Gasteiger partial charge in [0, 0.05) is 34.3 Å². The quantitative estimate of drug-likeness (QED) is 0.209. The Morgan fingerprint density at radius 2 is 1.92 bits per heavy atom. The number of halogens is 1. The Morgan fingerprint density at radius 3 is 2.55 bits per heavy atom. The Labute approximate surface area is 257 Å².